The molecule has 0 aliphatic carbocycles. The first-order valence-corrected chi connectivity index (χ1v) is 8.93. The molecule has 2 rings (SSSR count). The first kappa shape index (κ1) is 14.9. The van der Waals surface area contributed by atoms with E-state index in [9.17, 15) is 8.42 Å². The van der Waals surface area contributed by atoms with Crippen molar-refractivity contribution >= 4 is 21.4 Å². The second-order valence-electron chi connectivity index (χ2n) is 4.88. The predicted octanol–water partition coefficient (Wildman–Crippen LogP) is 1.46. The maximum absolute atomic E-state index is 12.5. The predicted molar refractivity (Wildman–Crippen MR) is 76.9 cm³/mol. The summed E-state index contributed by atoms with van der Waals surface area (Å²) in [6, 6.07) is 0. The SMILES string of the molecule is CCNCC1CCCN(S(=O)(=O)c2cnc(C)s2)C1. The molecule has 7 heteroatoms. The number of thiazole rings is 1. The van der Waals surface area contributed by atoms with Gasteiger partial charge in [-0.1, -0.05) is 6.92 Å². The Hall–Kier alpha value is -0.500. The number of piperidine rings is 1. The lowest BCUT2D eigenvalue weighted by atomic mass is 10.00. The number of rotatable bonds is 5. The van der Waals surface area contributed by atoms with Crippen LogP contribution in [0, 0.1) is 12.8 Å². The summed E-state index contributed by atoms with van der Waals surface area (Å²) < 4.78 is 27.0. The first-order valence-electron chi connectivity index (χ1n) is 6.67. The first-order chi connectivity index (χ1) is 9.04. The molecular formula is C12H21N3O2S2. The highest BCUT2D eigenvalue weighted by Gasteiger charge is 2.31. The summed E-state index contributed by atoms with van der Waals surface area (Å²) in [5, 5.41) is 4.09. The Morgan fingerprint density at radius 1 is 1.58 bits per heavy atom. The summed E-state index contributed by atoms with van der Waals surface area (Å²) in [7, 11) is -3.34. The maximum Gasteiger partial charge on any atom is 0.254 e. The number of hydrogen-bond acceptors (Lipinski definition) is 5. The average molecular weight is 303 g/mol. The molecular weight excluding hydrogens is 282 g/mol. The molecule has 1 saturated heterocycles. The van der Waals surface area contributed by atoms with E-state index in [0.29, 0.717) is 23.2 Å². The van der Waals surface area contributed by atoms with Crippen LogP contribution in [0.4, 0.5) is 0 Å². The largest absolute Gasteiger partial charge is 0.317 e. The third-order valence-corrected chi connectivity index (χ3v) is 6.57. The van der Waals surface area contributed by atoms with Gasteiger partial charge in [0.1, 0.15) is 0 Å². The summed E-state index contributed by atoms with van der Waals surface area (Å²) in [5.74, 6) is 0.414. The highest BCUT2D eigenvalue weighted by atomic mass is 32.2. The van der Waals surface area contributed by atoms with Gasteiger partial charge in [-0.25, -0.2) is 13.4 Å². The third-order valence-electron chi connectivity index (χ3n) is 3.36. The van der Waals surface area contributed by atoms with Gasteiger partial charge < -0.3 is 5.32 Å². The van der Waals surface area contributed by atoms with Crippen LogP contribution in [-0.2, 0) is 10.0 Å². The zero-order valence-electron chi connectivity index (χ0n) is 11.4. The van der Waals surface area contributed by atoms with Crippen LogP contribution in [0.15, 0.2) is 10.4 Å². The molecule has 0 saturated carbocycles. The summed E-state index contributed by atoms with van der Waals surface area (Å²) in [4.78, 5) is 4.05. The Balaban J connectivity index is 2.08. The van der Waals surface area contributed by atoms with Gasteiger partial charge in [0.25, 0.3) is 10.0 Å². The molecule has 5 nitrogen and oxygen atoms in total. The second kappa shape index (κ2) is 6.30. The van der Waals surface area contributed by atoms with Gasteiger partial charge in [-0.3, -0.25) is 0 Å². The van der Waals surface area contributed by atoms with Gasteiger partial charge in [0, 0.05) is 13.1 Å². The van der Waals surface area contributed by atoms with Gasteiger partial charge in [-0.15, -0.1) is 11.3 Å². The van der Waals surface area contributed by atoms with Crippen molar-refractivity contribution in [3.63, 3.8) is 0 Å². The number of aryl methyl sites for hydroxylation is 1. The van der Waals surface area contributed by atoms with Crippen LogP contribution >= 0.6 is 11.3 Å². The van der Waals surface area contributed by atoms with Crippen LogP contribution in [0.2, 0.25) is 0 Å². The molecule has 1 aromatic rings. The zero-order valence-corrected chi connectivity index (χ0v) is 13.1. The number of sulfonamides is 1. The molecule has 1 N–H and O–H groups in total. The molecule has 0 spiro atoms. The van der Waals surface area contributed by atoms with E-state index in [1.165, 1.54) is 17.5 Å². The van der Waals surface area contributed by atoms with Crippen molar-refractivity contribution in [2.45, 2.75) is 30.9 Å². The molecule has 108 valence electrons. The van der Waals surface area contributed by atoms with E-state index in [2.05, 4.69) is 17.2 Å². The van der Waals surface area contributed by atoms with Gasteiger partial charge in [0.05, 0.1) is 11.2 Å². The molecule has 19 heavy (non-hydrogen) atoms. The minimum Gasteiger partial charge on any atom is -0.317 e. The van der Waals surface area contributed by atoms with Crippen molar-refractivity contribution in [1.82, 2.24) is 14.6 Å². The lowest BCUT2D eigenvalue weighted by molar-refractivity contribution is 0.261. The van der Waals surface area contributed by atoms with Gasteiger partial charge in [0.2, 0.25) is 0 Å². The molecule has 2 heterocycles. The third kappa shape index (κ3) is 3.53. The van der Waals surface area contributed by atoms with Crippen molar-refractivity contribution in [1.29, 1.82) is 0 Å². The molecule has 0 amide bonds. The molecule has 0 radical (unpaired) electrons. The van der Waals surface area contributed by atoms with Crippen LogP contribution in [0.3, 0.4) is 0 Å². The van der Waals surface area contributed by atoms with E-state index in [-0.39, 0.29) is 0 Å². The number of hydrogen-bond donors (Lipinski definition) is 1. The smallest absolute Gasteiger partial charge is 0.254 e. The highest BCUT2D eigenvalue weighted by Crippen LogP contribution is 2.26. The van der Waals surface area contributed by atoms with Gasteiger partial charge in [0.15, 0.2) is 4.21 Å². The number of nitrogens with one attached hydrogen (secondary N) is 1. The fourth-order valence-corrected chi connectivity index (χ4v) is 5.17. The fourth-order valence-electron chi connectivity index (χ4n) is 2.35. The number of aromatic nitrogens is 1. The lowest BCUT2D eigenvalue weighted by Gasteiger charge is -2.31. The van der Waals surface area contributed by atoms with Crippen molar-refractivity contribution in [2.75, 3.05) is 26.2 Å². The Labute approximate surface area is 119 Å². The fraction of sp³-hybridized carbons (Fsp3) is 0.750. The van der Waals surface area contributed by atoms with E-state index in [1.54, 1.807) is 4.31 Å². The summed E-state index contributed by atoms with van der Waals surface area (Å²) >= 11 is 1.25. The van der Waals surface area contributed by atoms with Crippen LogP contribution in [0.25, 0.3) is 0 Å². The van der Waals surface area contributed by atoms with E-state index in [1.807, 2.05) is 6.92 Å². The summed E-state index contributed by atoms with van der Waals surface area (Å²) in [6.07, 6.45) is 3.51. The Bertz CT molecular complexity index is 513. The van der Waals surface area contributed by atoms with Crippen LogP contribution in [0.5, 0.6) is 0 Å². The normalized spacial score (nSPS) is 21.7. The molecule has 1 aromatic heterocycles. The molecule has 0 aromatic carbocycles. The van der Waals surface area contributed by atoms with E-state index in [0.717, 1.165) is 30.9 Å². The summed E-state index contributed by atoms with van der Waals surface area (Å²) in [5.41, 5.74) is 0. The van der Waals surface area contributed by atoms with Crippen molar-refractivity contribution < 1.29 is 8.42 Å². The number of nitrogens with zero attached hydrogens (tertiary/aromatic N) is 2. The molecule has 1 aliphatic rings. The molecule has 1 fully saturated rings. The maximum atomic E-state index is 12.5. The van der Waals surface area contributed by atoms with E-state index >= 15 is 0 Å². The lowest BCUT2D eigenvalue weighted by Crippen LogP contribution is -2.42. The minimum absolute atomic E-state index is 0.370. The quantitative estimate of drug-likeness (QED) is 0.894. The molecule has 1 atom stereocenters. The van der Waals surface area contributed by atoms with Crippen molar-refractivity contribution in [2.24, 2.45) is 5.92 Å². The highest BCUT2D eigenvalue weighted by molar-refractivity contribution is 7.91. The van der Waals surface area contributed by atoms with Crippen LogP contribution in [0.1, 0.15) is 24.8 Å². The monoisotopic (exact) mass is 303 g/mol. The van der Waals surface area contributed by atoms with Crippen LogP contribution < -0.4 is 5.32 Å². The van der Waals surface area contributed by atoms with E-state index in [4.69, 9.17) is 0 Å². The molecule has 1 unspecified atom stereocenters. The van der Waals surface area contributed by atoms with Crippen LogP contribution in [-0.4, -0.2) is 43.9 Å². The van der Waals surface area contributed by atoms with Crippen molar-refractivity contribution in [3.8, 4) is 0 Å². The Morgan fingerprint density at radius 2 is 2.37 bits per heavy atom. The van der Waals surface area contributed by atoms with Crippen molar-refractivity contribution in [3.05, 3.63) is 11.2 Å². The second-order valence-corrected chi connectivity index (χ2v) is 8.28. The van der Waals surface area contributed by atoms with E-state index < -0.39 is 10.0 Å². The van der Waals surface area contributed by atoms with Gasteiger partial charge in [-0.05, 0) is 38.8 Å². The Morgan fingerprint density at radius 3 is 3.00 bits per heavy atom. The Kier molecular flexibility index (Phi) is 4.94. The van der Waals surface area contributed by atoms with Gasteiger partial charge in [-0.2, -0.15) is 4.31 Å². The zero-order chi connectivity index (χ0) is 13.9. The average Bonchev–Trinajstić information content (AvgIpc) is 2.84. The minimum atomic E-state index is -3.34. The molecule has 0 bridgehead atoms. The topological polar surface area (TPSA) is 62.3 Å². The molecule has 1 aliphatic heterocycles. The van der Waals surface area contributed by atoms with Gasteiger partial charge >= 0.3 is 0 Å². The summed E-state index contributed by atoms with van der Waals surface area (Å²) in [6.45, 7) is 6.96. The standard InChI is InChI=1S/C12H21N3O2S2/c1-3-13-7-11-5-4-6-15(9-11)19(16,17)12-8-14-10(2)18-12/h8,11,13H,3-7,9H2,1-2H3.